The van der Waals surface area contributed by atoms with Gasteiger partial charge in [0.25, 0.3) is 0 Å². The second-order valence-corrected chi connectivity index (χ2v) is 5.20. The third-order valence-corrected chi connectivity index (χ3v) is 3.72. The molecule has 0 aliphatic rings. The second kappa shape index (κ2) is 6.35. The minimum Gasteiger partial charge on any atom is -0.368 e. The van der Waals surface area contributed by atoms with Crippen LogP contribution in [0.25, 0.3) is 0 Å². The Bertz CT molecular complexity index is 387. The lowest BCUT2D eigenvalue weighted by Crippen LogP contribution is -2.36. The second-order valence-electron chi connectivity index (χ2n) is 3.22. The molecule has 0 radical (unpaired) electrons. The van der Waals surface area contributed by atoms with Gasteiger partial charge in [0.1, 0.15) is 0 Å². The number of thioether (sulfide) groups is 1. The topological polar surface area (TPSA) is 69.1 Å². The Morgan fingerprint density at radius 1 is 1.38 bits per heavy atom. The van der Waals surface area contributed by atoms with Crippen molar-refractivity contribution in [2.45, 2.75) is 17.4 Å². The summed E-state index contributed by atoms with van der Waals surface area (Å²) in [5, 5.41) is 1.05. The minimum absolute atomic E-state index is 0.477. The Balaban J connectivity index is 2.43. The molecule has 3 nitrogen and oxygen atoms in total. The van der Waals surface area contributed by atoms with Gasteiger partial charge in [0.05, 0.1) is 16.1 Å². The molecular weight excluding hydrogens is 267 g/mol. The average molecular weight is 279 g/mol. The molecule has 0 bridgehead atoms. The molecule has 1 aromatic carbocycles. The summed E-state index contributed by atoms with van der Waals surface area (Å²) in [4.78, 5) is 11.7. The van der Waals surface area contributed by atoms with E-state index in [9.17, 15) is 4.79 Å². The van der Waals surface area contributed by atoms with Gasteiger partial charge in [0.15, 0.2) is 0 Å². The quantitative estimate of drug-likeness (QED) is 0.812. The first-order valence-electron chi connectivity index (χ1n) is 4.63. The maximum atomic E-state index is 10.7. The van der Waals surface area contributed by atoms with E-state index in [2.05, 4.69) is 0 Å². The lowest BCUT2D eigenvalue weighted by molar-refractivity contribution is -0.119. The fourth-order valence-electron chi connectivity index (χ4n) is 1.01. The molecule has 6 heteroatoms. The fraction of sp³-hybridized carbons (Fsp3) is 0.300. The molecule has 0 aliphatic heterocycles. The van der Waals surface area contributed by atoms with Crippen LogP contribution in [0.5, 0.6) is 0 Å². The van der Waals surface area contributed by atoms with Gasteiger partial charge in [-0.1, -0.05) is 23.2 Å². The van der Waals surface area contributed by atoms with Crippen LogP contribution in [-0.2, 0) is 4.79 Å². The third-order valence-electron chi connectivity index (χ3n) is 1.95. The van der Waals surface area contributed by atoms with Crippen LogP contribution >= 0.6 is 35.0 Å². The summed E-state index contributed by atoms with van der Waals surface area (Å²) in [6.07, 6.45) is 0.542. The van der Waals surface area contributed by atoms with Crippen molar-refractivity contribution in [2.75, 3.05) is 5.75 Å². The van der Waals surface area contributed by atoms with Gasteiger partial charge in [-0.3, -0.25) is 4.79 Å². The Morgan fingerprint density at radius 3 is 2.62 bits per heavy atom. The number of carbonyl (C=O) groups excluding carboxylic acids is 1. The van der Waals surface area contributed by atoms with Crippen LogP contribution in [0, 0.1) is 0 Å². The smallest absolute Gasteiger partial charge is 0.234 e. The van der Waals surface area contributed by atoms with Crippen molar-refractivity contribution in [1.29, 1.82) is 0 Å². The van der Waals surface area contributed by atoms with Gasteiger partial charge in [-0.25, -0.2) is 0 Å². The Morgan fingerprint density at radius 2 is 2.06 bits per heavy atom. The van der Waals surface area contributed by atoms with Gasteiger partial charge in [-0.2, -0.15) is 0 Å². The van der Waals surface area contributed by atoms with Gasteiger partial charge in [-0.15, -0.1) is 11.8 Å². The van der Waals surface area contributed by atoms with Crippen molar-refractivity contribution in [3.05, 3.63) is 28.2 Å². The van der Waals surface area contributed by atoms with Gasteiger partial charge in [0, 0.05) is 4.90 Å². The lowest BCUT2D eigenvalue weighted by Gasteiger charge is -2.07. The predicted molar refractivity (Wildman–Crippen MR) is 69.0 cm³/mol. The van der Waals surface area contributed by atoms with E-state index in [1.165, 1.54) is 0 Å². The van der Waals surface area contributed by atoms with Crippen LogP contribution in [0.2, 0.25) is 10.0 Å². The zero-order valence-corrected chi connectivity index (χ0v) is 10.8. The first-order valence-corrected chi connectivity index (χ1v) is 6.37. The third kappa shape index (κ3) is 4.22. The van der Waals surface area contributed by atoms with Crippen molar-refractivity contribution >= 4 is 40.9 Å². The van der Waals surface area contributed by atoms with Crippen molar-refractivity contribution in [3.8, 4) is 0 Å². The molecule has 0 aromatic heterocycles. The number of rotatable bonds is 5. The van der Waals surface area contributed by atoms with E-state index in [1.54, 1.807) is 23.9 Å². The van der Waals surface area contributed by atoms with E-state index in [0.29, 0.717) is 22.2 Å². The number of nitrogens with two attached hydrogens (primary N) is 2. The maximum absolute atomic E-state index is 10.7. The van der Waals surface area contributed by atoms with Crippen LogP contribution in [0.1, 0.15) is 6.42 Å². The zero-order valence-electron chi connectivity index (χ0n) is 8.45. The average Bonchev–Trinajstić information content (AvgIpc) is 2.23. The molecule has 0 aliphatic carbocycles. The summed E-state index contributed by atoms with van der Waals surface area (Å²) in [5.74, 6) is 0.233. The number of hydrogen-bond acceptors (Lipinski definition) is 3. The normalized spacial score (nSPS) is 12.4. The molecule has 0 spiro atoms. The van der Waals surface area contributed by atoms with Gasteiger partial charge in [-0.05, 0) is 30.4 Å². The number of primary amides is 1. The summed E-state index contributed by atoms with van der Waals surface area (Å²) in [5.41, 5.74) is 10.5. The molecule has 4 N–H and O–H groups in total. The number of benzene rings is 1. The molecule has 1 atom stereocenters. The summed E-state index contributed by atoms with van der Waals surface area (Å²) in [6, 6.07) is 4.80. The van der Waals surface area contributed by atoms with E-state index in [1.807, 2.05) is 6.07 Å². The van der Waals surface area contributed by atoms with Crippen molar-refractivity contribution in [2.24, 2.45) is 11.5 Å². The van der Waals surface area contributed by atoms with Gasteiger partial charge < -0.3 is 11.5 Å². The largest absolute Gasteiger partial charge is 0.368 e. The molecule has 0 heterocycles. The first kappa shape index (κ1) is 13.6. The van der Waals surface area contributed by atoms with E-state index < -0.39 is 11.9 Å². The van der Waals surface area contributed by atoms with E-state index in [-0.39, 0.29) is 0 Å². The summed E-state index contributed by atoms with van der Waals surface area (Å²) in [6.45, 7) is 0. The molecule has 1 unspecified atom stereocenters. The standard InChI is InChI=1S/C10H12Cl2N2OS/c11-7-2-1-6(5-8(7)12)16-4-3-9(13)10(14)15/h1-2,5,9H,3-4,13H2,(H2,14,15). The number of hydrogen-bond donors (Lipinski definition) is 2. The monoisotopic (exact) mass is 278 g/mol. The SMILES string of the molecule is NC(=O)C(N)CCSc1ccc(Cl)c(Cl)c1. The highest BCUT2D eigenvalue weighted by Gasteiger charge is 2.08. The summed E-state index contributed by atoms with van der Waals surface area (Å²) >= 11 is 13.2. The Hall–Kier alpha value is -0.420. The first-order chi connectivity index (χ1) is 7.50. The Kier molecular flexibility index (Phi) is 5.41. The molecule has 1 aromatic rings. The van der Waals surface area contributed by atoms with Crippen LogP contribution in [0.15, 0.2) is 23.1 Å². The van der Waals surface area contributed by atoms with Crippen LogP contribution < -0.4 is 11.5 Å². The Labute approximate surface area is 108 Å². The molecule has 1 rings (SSSR count). The molecule has 88 valence electrons. The zero-order chi connectivity index (χ0) is 12.1. The number of carbonyl (C=O) groups is 1. The van der Waals surface area contributed by atoms with Crippen LogP contribution in [0.3, 0.4) is 0 Å². The molecular formula is C10H12Cl2N2OS. The predicted octanol–water partition coefficient (Wildman–Crippen LogP) is 2.29. The lowest BCUT2D eigenvalue weighted by atomic mass is 10.2. The molecule has 0 saturated heterocycles. The summed E-state index contributed by atoms with van der Waals surface area (Å²) < 4.78 is 0. The van der Waals surface area contributed by atoms with Crippen molar-refractivity contribution in [3.63, 3.8) is 0 Å². The van der Waals surface area contributed by atoms with Gasteiger partial charge >= 0.3 is 0 Å². The fourth-order valence-corrected chi connectivity index (χ4v) is 2.35. The molecule has 0 saturated carbocycles. The maximum Gasteiger partial charge on any atom is 0.234 e. The number of halogens is 2. The molecule has 1 amide bonds. The van der Waals surface area contributed by atoms with E-state index in [4.69, 9.17) is 34.7 Å². The van der Waals surface area contributed by atoms with E-state index >= 15 is 0 Å². The van der Waals surface area contributed by atoms with E-state index in [0.717, 1.165) is 4.90 Å². The molecule has 0 fully saturated rings. The molecule has 16 heavy (non-hydrogen) atoms. The van der Waals surface area contributed by atoms with Crippen LogP contribution in [0.4, 0.5) is 0 Å². The highest BCUT2D eigenvalue weighted by molar-refractivity contribution is 7.99. The van der Waals surface area contributed by atoms with Crippen LogP contribution in [-0.4, -0.2) is 17.7 Å². The minimum atomic E-state index is -0.588. The van der Waals surface area contributed by atoms with Crippen molar-refractivity contribution < 1.29 is 4.79 Å². The highest BCUT2D eigenvalue weighted by Crippen LogP contribution is 2.28. The van der Waals surface area contributed by atoms with Crippen molar-refractivity contribution in [1.82, 2.24) is 0 Å². The summed E-state index contributed by atoms with van der Waals surface area (Å²) in [7, 11) is 0. The van der Waals surface area contributed by atoms with Gasteiger partial charge in [0.2, 0.25) is 5.91 Å². The highest BCUT2D eigenvalue weighted by atomic mass is 35.5. The number of amides is 1.